The van der Waals surface area contributed by atoms with Gasteiger partial charge in [-0.1, -0.05) is 42.3 Å². The Hall–Kier alpha value is -5.50. The number of hydrogen-bond donors (Lipinski definition) is 0. The third kappa shape index (κ3) is 6.34. The van der Waals surface area contributed by atoms with Crippen LogP contribution in [-0.4, -0.2) is 87.7 Å². The minimum absolute atomic E-state index is 0.0148. The molecule has 3 fully saturated rings. The first-order valence-electron chi connectivity index (χ1n) is 17.5. The number of carbonyl (C=O) groups is 1. The topological polar surface area (TPSA) is 98.5 Å². The summed E-state index contributed by atoms with van der Waals surface area (Å²) in [5.41, 5.74) is 1.04. The van der Waals surface area contributed by atoms with E-state index in [2.05, 4.69) is 26.9 Å². The lowest BCUT2D eigenvalue weighted by Gasteiger charge is -2.41. The maximum Gasteiger partial charge on any atom is 0.319 e. The van der Waals surface area contributed by atoms with E-state index < -0.39 is 35.3 Å². The predicted molar refractivity (Wildman–Crippen MR) is 198 cm³/mol. The predicted octanol–water partition coefficient (Wildman–Crippen LogP) is 6.92. The Morgan fingerprint density at radius 1 is 1.11 bits per heavy atom. The van der Waals surface area contributed by atoms with Gasteiger partial charge in [0.05, 0.1) is 24.1 Å². The second-order valence-electron chi connectivity index (χ2n) is 13.7. The lowest BCUT2D eigenvalue weighted by Crippen LogP contribution is -2.55. The molecule has 268 valence electrons. The molecule has 3 atom stereocenters. The van der Waals surface area contributed by atoms with E-state index in [0.717, 1.165) is 36.2 Å². The number of carbonyl (C=O) groups excluding carboxylic acids is 1. The molecule has 0 radical (unpaired) electrons. The molecule has 3 aliphatic heterocycles. The standard InChI is InChI=1S/C40H34F3N7O2S/c1-2-25-6-3-7-26-8-4-9-29(34(25)26)30-10-11-31-36(35(30)43)46-39(52-24-40-13-5-16-49(40)22-27(41)21-40)47-37(31)48-17-18-50(28(23-48)12-14-44)38(51)32(42)20-33-45-15-19-53-33/h1,3-4,6-11,15,19-20,27-28H,5,12-13,16-18,21-24H2/b32-20-/t27-,28+,40+/m1/s1. The van der Waals surface area contributed by atoms with Gasteiger partial charge in [-0.15, -0.1) is 17.8 Å². The van der Waals surface area contributed by atoms with Crippen LogP contribution in [0, 0.1) is 29.5 Å². The fourth-order valence-corrected chi connectivity index (χ4v) is 8.74. The van der Waals surface area contributed by atoms with Crippen LogP contribution < -0.4 is 9.64 Å². The van der Waals surface area contributed by atoms with E-state index in [-0.39, 0.29) is 44.2 Å². The SMILES string of the molecule is C#Cc1cccc2cccc(-c3ccc4c(N5CCN(C(=O)/C(F)=C/c6nccs6)[C@@H](CC#N)C5)nc(OC[C@@]56CCCN5C[C@H](F)C6)nc4c3F)c12. The van der Waals surface area contributed by atoms with Crippen LogP contribution in [0.2, 0.25) is 0 Å². The molecule has 3 aromatic carbocycles. The van der Waals surface area contributed by atoms with Gasteiger partial charge in [0.15, 0.2) is 11.6 Å². The molecule has 5 aromatic rings. The van der Waals surface area contributed by atoms with Crippen LogP contribution in [-0.2, 0) is 4.79 Å². The van der Waals surface area contributed by atoms with Gasteiger partial charge in [-0.2, -0.15) is 15.2 Å². The minimum Gasteiger partial charge on any atom is -0.461 e. The smallest absolute Gasteiger partial charge is 0.319 e. The Kier molecular flexibility index (Phi) is 9.23. The second kappa shape index (κ2) is 14.1. The van der Waals surface area contributed by atoms with Crippen LogP contribution in [0.1, 0.15) is 36.3 Å². The summed E-state index contributed by atoms with van der Waals surface area (Å²) in [7, 11) is 0. The molecule has 9 nitrogen and oxygen atoms in total. The highest BCUT2D eigenvalue weighted by molar-refractivity contribution is 7.10. The van der Waals surface area contributed by atoms with Crippen molar-refractivity contribution in [1.82, 2.24) is 24.8 Å². The zero-order valence-corrected chi connectivity index (χ0v) is 29.5. The first-order valence-corrected chi connectivity index (χ1v) is 18.4. The molecule has 0 bridgehead atoms. The van der Waals surface area contributed by atoms with Gasteiger partial charge in [-0.25, -0.2) is 18.2 Å². The van der Waals surface area contributed by atoms with E-state index in [4.69, 9.17) is 16.1 Å². The normalized spacial score (nSPS) is 21.9. The summed E-state index contributed by atoms with van der Waals surface area (Å²) in [6.45, 7) is 1.67. The van der Waals surface area contributed by atoms with Gasteiger partial charge in [0, 0.05) is 72.2 Å². The molecular weight excluding hydrogens is 700 g/mol. The number of nitrogens with zero attached hydrogens (tertiary/aromatic N) is 7. The zero-order chi connectivity index (χ0) is 36.7. The molecule has 5 heterocycles. The number of amides is 1. The molecule has 1 amide bonds. The number of nitriles is 1. The molecular formula is C40H34F3N7O2S. The molecule has 8 rings (SSSR count). The van der Waals surface area contributed by atoms with Gasteiger partial charge < -0.3 is 14.5 Å². The number of piperazine rings is 1. The van der Waals surface area contributed by atoms with Crippen LogP contribution in [0.4, 0.5) is 19.0 Å². The quantitative estimate of drug-likeness (QED) is 0.125. The van der Waals surface area contributed by atoms with Crippen molar-refractivity contribution in [2.24, 2.45) is 0 Å². The first kappa shape index (κ1) is 34.6. The van der Waals surface area contributed by atoms with Crippen molar-refractivity contribution in [3.8, 4) is 35.6 Å². The summed E-state index contributed by atoms with van der Waals surface area (Å²) < 4.78 is 53.1. The van der Waals surface area contributed by atoms with Crippen molar-refractivity contribution < 1.29 is 22.7 Å². The molecule has 53 heavy (non-hydrogen) atoms. The average molecular weight is 734 g/mol. The van der Waals surface area contributed by atoms with Crippen molar-refractivity contribution in [3.05, 3.63) is 82.3 Å². The van der Waals surface area contributed by atoms with Crippen molar-refractivity contribution in [1.29, 1.82) is 5.26 Å². The lowest BCUT2D eigenvalue weighted by atomic mass is 9.93. The number of hydrogen-bond acceptors (Lipinski definition) is 9. The zero-order valence-electron chi connectivity index (χ0n) is 28.6. The number of halogens is 3. The van der Waals surface area contributed by atoms with E-state index in [1.54, 1.807) is 17.5 Å². The Labute approximate surface area is 308 Å². The van der Waals surface area contributed by atoms with Crippen molar-refractivity contribution in [3.63, 3.8) is 0 Å². The van der Waals surface area contributed by atoms with E-state index in [1.165, 1.54) is 22.4 Å². The maximum absolute atomic E-state index is 17.0. The number of fused-ring (bicyclic) bond motifs is 3. The van der Waals surface area contributed by atoms with Crippen molar-refractivity contribution >= 4 is 50.8 Å². The van der Waals surface area contributed by atoms with Crippen LogP contribution in [0.25, 0.3) is 38.9 Å². The minimum atomic E-state index is -0.974. The number of rotatable bonds is 8. The Balaban J connectivity index is 1.19. The van der Waals surface area contributed by atoms with Gasteiger partial charge >= 0.3 is 6.01 Å². The van der Waals surface area contributed by atoms with E-state index >= 15 is 8.78 Å². The van der Waals surface area contributed by atoms with Crippen LogP contribution >= 0.6 is 11.3 Å². The summed E-state index contributed by atoms with van der Waals surface area (Å²) in [5, 5.41) is 13.8. The Morgan fingerprint density at radius 2 is 1.96 bits per heavy atom. The molecule has 0 unspecified atom stereocenters. The average Bonchev–Trinajstić information content (AvgIpc) is 3.90. The number of alkyl halides is 1. The molecule has 0 N–H and O–H groups in total. The highest BCUT2D eigenvalue weighted by Gasteiger charge is 2.49. The third-order valence-electron chi connectivity index (χ3n) is 10.6. The van der Waals surface area contributed by atoms with Gasteiger partial charge in [-0.3, -0.25) is 9.69 Å². The molecule has 3 aliphatic rings. The fraction of sp³-hybridized carbons (Fsp3) is 0.325. The monoisotopic (exact) mass is 733 g/mol. The molecule has 13 heteroatoms. The fourth-order valence-electron chi connectivity index (χ4n) is 8.18. The summed E-state index contributed by atoms with van der Waals surface area (Å²) in [4.78, 5) is 32.1. The molecule has 0 aliphatic carbocycles. The summed E-state index contributed by atoms with van der Waals surface area (Å²) in [6, 6.07) is 16.0. The number of terminal acetylenes is 1. The molecule has 0 spiro atoms. The van der Waals surface area contributed by atoms with Crippen LogP contribution in [0.3, 0.4) is 0 Å². The molecule has 0 saturated carbocycles. The Bertz CT molecular complexity index is 2330. The largest absolute Gasteiger partial charge is 0.461 e. The molecule has 3 saturated heterocycles. The van der Waals surface area contributed by atoms with Crippen molar-refractivity contribution in [2.45, 2.75) is 43.4 Å². The van der Waals surface area contributed by atoms with E-state index in [1.807, 2.05) is 41.3 Å². The maximum atomic E-state index is 17.0. The molecule has 2 aromatic heterocycles. The highest BCUT2D eigenvalue weighted by atomic mass is 32.1. The van der Waals surface area contributed by atoms with Gasteiger partial charge in [0.1, 0.15) is 29.1 Å². The number of ether oxygens (including phenoxy) is 1. The van der Waals surface area contributed by atoms with E-state index in [0.29, 0.717) is 45.9 Å². The highest BCUT2D eigenvalue weighted by Crippen LogP contribution is 2.41. The summed E-state index contributed by atoms with van der Waals surface area (Å²) >= 11 is 1.20. The van der Waals surface area contributed by atoms with Gasteiger partial charge in [0.2, 0.25) is 0 Å². The van der Waals surface area contributed by atoms with Gasteiger partial charge in [0.25, 0.3) is 5.91 Å². The number of benzene rings is 3. The first-order chi connectivity index (χ1) is 25.8. The summed E-state index contributed by atoms with van der Waals surface area (Å²) in [5.74, 6) is 0.660. The summed E-state index contributed by atoms with van der Waals surface area (Å²) in [6.07, 6.45) is 9.48. The second-order valence-corrected chi connectivity index (χ2v) is 14.6. The van der Waals surface area contributed by atoms with Gasteiger partial charge in [-0.05, 0) is 42.5 Å². The number of thiazole rings is 1. The van der Waals surface area contributed by atoms with Crippen molar-refractivity contribution in [2.75, 3.05) is 44.2 Å². The lowest BCUT2D eigenvalue weighted by molar-refractivity contribution is -0.131. The Morgan fingerprint density at radius 3 is 2.75 bits per heavy atom. The van der Waals surface area contributed by atoms with Crippen LogP contribution in [0.15, 0.2) is 65.9 Å². The third-order valence-corrected chi connectivity index (χ3v) is 11.3. The number of aromatic nitrogens is 3. The van der Waals surface area contributed by atoms with Crippen LogP contribution in [0.5, 0.6) is 6.01 Å². The number of anilines is 1. The van der Waals surface area contributed by atoms with E-state index in [9.17, 15) is 14.4 Å².